The number of aliphatic hydroxyl groups is 7. The number of carboxylic acid groups (broad SMARTS) is 1. The quantitative estimate of drug-likeness (QED) is 0.0351. The Hall–Kier alpha value is -2.18. The second-order valence-electron chi connectivity index (χ2n) is 16.3. The van der Waals surface area contributed by atoms with Crippen LogP contribution in [0.3, 0.4) is 0 Å². The smallest absolute Gasteiger partial charge is 0.297 e. The number of hydrogen-bond donors (Lipinski definition) is 7. The molecule has 0 aromatic carbocycles. The molecule has 6 unspecified atom stereocenters. The topological polar surface area (TPSA) is 268 Å². The van der Waals surface area contributed by atoms with E-state index in [0.717, 1.165) is 37.7 Å². The predicted molar refractivity (Wildman–Crippen MR) is 187 cm³/mol. The normalized spacial score (nSPS) is 40.4. The number of rotatable bonds is 17. The molecule has 0 spiro atoms. The van der Waals surface area contributed by atoms with Crippen LogP contribution in [0.15, 0.2) is 16.6 Å². The van der Waals surface area contributed by atoms with E-state index < -0.39 is 84.7 Å². The Morgan fingerprint density at radius 1 is 1.13 bits per heavy atom. The van der Waals surface area contributed by atoms with Gasteiger partial charge in [0.1, 0.15) is 30.4 Å². The number of carboxylic acids is 1. The van der Waals surface area contributed by atoms with Crippen LogP contribution in [0.1, 0.15) is 97.3 Å². The van der Waals surface area contributed by atoms with Gasteiger partial charge in [0.2, 0.25) is 6.10 Å². The standard InChI is InChI=1S/C38H61N3O12/c1-3-4-5-6-7-20(2)23(16-21-14-15-40-18-21)19-41-36(49)38(50)33(45)30(44)32(35(47)48)53-37(38)51-25-12-13-26-27(17-25)52-31(34(39)46)28(29(26)43)22-8-10-24(42)11-9-22/h14-15,18,20,22-33,36-37,41-45,50H,3-13,16-17,19H2,1-2H3,(H2,39,46)(H,47,48)/p+1/t20-,22?,23-,24?,25?,26?,27?,28?,29?,30+,31?,32-,33-,36+,37+,38+/m0/s1. The summed E-state index contributed by atoms with van der Waals surface area (Å²) in [5, 5.41) is 83.0. The Bertz CT molecular complexity index is 1280. The molecular formula is C38H62N3O12+. The van der Waals surface area contributed by atoms with Crippen molar-refractivity contribution in [3.05, 3.63) is 18.2 Å². The number of unbranched alkanes of at least 4 members (excludes halogenated alkanes) is 3. The highest BCUT2D eigenvalue weighted by Crippen LogP contribution is 2.45. The highest BCUT2D eigenvalue weighted by Gasteiger charge is 2.61. The minimum Gasteiger partial charge on any atom is -0.804 e. The zero-order valence-electron chi connectivity index (χ0n) is 31.0. The van der Waals surface area contributed by atoms with Gasteiger partial charge in [0.15, 0.2) is 24.2 Å². The van der Waals surface area contributed by atoms with E-state index in [1.165, 1.54) is 5.32 Å². The summed E-state index contributed by atoms with van der Waals surface area (Å²) in [6.07, 6.45) is -1.19. The van der Waals surface area contributed by atoms with E-state index in [2.05, 4.69) is 18.8 Å². The lowest BCUT2D eigenvalue weighted by Crippen LogP contribution is -3.02. The van der Waals surface area contributed by atoms with Gasteiger partial charge in [0.05, 0.1) is 55.0 Å². The highest BCUT2D eigenvalue weighted by atomic mass is 16.7. The Morgan fingerprint density at radius 3 is 2.51 bits per heavy atom. The first-order chi connectivity index (χ1) is 25.3. The molecule has 3 aliphatic heterocycles. The van der Waals surface area contributed by atoms with Crippen molar-refractivity contribution >= 4 is 18.1 Å². The zero-order valence-corrected chi connectivity index (χ0v) is 31.0. The number of primary amides is 1. The minimum atomic E-state index is -2.78. The first-order valence-corrected chi connectivity index (χ1v) is 19.8. The molecular weight excluding hydrogens is 690 g/mol. The molecule has 15 nitrogen and oxygen atoms in total. The van der Waals surface area contributed by atoms with E-state index in [-0.39, 0.29) is 36.6 Å². The predicted octanol–water partition coefficient (Wildman–Crippen LogP) is -2.57. The molecule has 4 fully saturated rings. The molecule has 2 saturated carbocycles. The van der Waals surface area contributed by atoms with E-state index in [9.17, 15) is 45.3 Å². The Kier molecular flexibility index (Phi) is 14.8. The molecule has 14 atom stereocenters. The van der Waals surface area contributed by atoms with Crippen LogP contribution in [0, 0.1) is 36.1 Å². The van der Waals surface area contributed by atoms with Gasteiger partial charge >= 0.3 is 0 Å². The lowest BCUT2D eigenvalue weighted by atomic mass is 9.66. The van der Waals surface area contributed by atoms with Crippen molar-refractivity contribution < 1.29 is 64.9 Å². The number of ether oxygens (including phenoxy) is 3. The van der Waals surface area contributed by atoms with Gasteiger partial charge in [-0.3, -0.25) is 4.79 Å². The van der Waals surface area contributed by atoms with Crippen LogP contribution in [-0.4, -0.2) is 122 Å². The number of carbonyl (C=O) groups is 2. The fourth-order valence-corrected chi connectivity index (χ4v) is 9.48. The first-order valence-electron chi connectivity index (χ1n) is 19.8. The largest absolute Gasteiger partial charge is 0.804 e. The van der Waals surface area contributed by atoms with Gasteiger partial charge in [-0.2, -0.15) is 0 Å². The molecule has 0 bridgehead atoms. The van der Waals surface area contributed by atoms with Crippen molar-refractivity contribution in [1.82, 2.24) is 0 Å². The second-order valence-corrected chi connectivity index (χ2v) is 16.3. The summed E-state index contributed by atoms with van der Waals surface area (Å²) < 4.78 is 16.5. The molecule has 2 saturated heterocycles. The van der Waals surface area contributed by atoms with Crippen molar-refractivity contribution in [3.63, 3.8) is 0 Å². The maximum atomic E-state index is 14.1. The molecule has 5 aliphatic rings. The fraction of sp³-hybridized carbons (Fsp3) is 0.842. The monoisotopic (exact) mass is 752 g/mol. The number of hydrogen-bond acceptors (Lipinski definition) is 12. The van der Waals surface area contributed by atoms with Gasteiger partial charge in [-0.15, -0.1) is 4.99 Å². The maximum absolute atomic E-state index is 14.1. The summed E-state index contributed by atoms with van der Waals surface area (Å²) in [7, 11) is 0. The molecule has 300 valence electrons. The molecule has 0 aromatic rings. The number of amides is 1. The Balaban J connectivity index is 1.30. The second kappa shape index (κ2) is 18.6. The van der Waals surface area contributed by atoms with E-state index >= 15 is 0 Å². The number of nitrogens with two attached hydrogens (primary N) is 2. The molecule has 2 aliphatic carbocycles. The van der Waals surface area contributed by atoms with Crippen molar-refractivity contribution in [1.29, 1.82) is 0 Å². The van der Waals surface area contributed by atoms with Crippen LogP contribution < -0.4 is 21.3 Å². The van der Waals surface area contributed by atoms with Crippen molar-refractivity contribution in [2.24, 2.45) is 40.3 Å². The number of aliphatic carboxylic acids is 1. The van der Waals surface area contributed by atoms with Crippen LogP contribution in [0.2, 0.25) is 0 Å². The fourth-order valence-electron chi connectivity index (χ4n) is 9.48. The number of fused-ring (bicyclic) bond motifs is 1. The average Bonchev–Trinajstić information content (AvgIpc) is 3.65. The third-order valence-corrected chi connectivity index (χ3v) is 12.8. The summed E-state index contributed by atoms with van der Waals surface area (Å²) >= 11 is 0. The molecule has 0 aromatic heterocycles. The molecule has 0 radical (unpaired) electrons. The summed E-state index contributed by atoms with van der Waals surface area (Å²) in [4.78, 5) is 28.8. The molecule has 5 rings (SSSR count). The molecule has 3 heterocycles. The lowest BCUT2D eigenvalue weighted by molar-refractivity contribution is -0.837. The summed E-state index contributed by atoms with van der Waals surface area (Å²) in [6.45, 7) is 6.24. The van der Waals surface area contributed by atoms with Gasteiger partial charge in [-0.05, 0) is 50.4 Å². The molecule has 15 heteroatoms. The average molecular weight is 753 g/mol. The van der Waals surface area contributed by atoms with Gasteiger partial charge < -0.3 is 65.8 Å². The molecule has 10 N–H and O–H groups in total. The Labute approximate surface area is 312 Å². The number of allylic oxidation sites excluding steroid dienone is 1. The van der Waals surface area contributed by atoms with Crippen molar-refractivity contribution in [3.8, 4) is 0 Å². The summed E-state index contributed by atoms with van der Waals surface area (Å²) in [5.41, 5.74) is 4.04. The number of carbonyl (C=O) groups excluding carboxylic acids is 2. The third-order valence-electron chi connectivity index (χ3n) is 12.8. The van der Waals surface area contributed by atoms with Gasteiger partial charge in [-0.1, -0.05) is 46.0 Å². The van der Waals surface area contributed by atoms with Gasteiger partial charge in [0, 0.05) is 18.8 Å². The van der Waals surface area contributed by atoms with Crippen LogP contribution in [0.5, 0.6) is 0 Å². The number of aliphatic hydroxyl groups excluding tert-OH is 4. The lowest BCUT2D eigenvalue weighted by Gasteiger charge is -2.53. The number of quaternary nitrogens is 1. The third kappa shape index (κ3) is 9.62. The van der Waals surface area contributed by atoms with E-state index in [4.69, 9.17) is 19.9 Å². The molecule has 1 amide bonds. The summed E-state index contributed by atoms with van der Waals surface area (Å²) in [5.74, 6) is -3.13. The van der Waals surface area contributed by atoms with Gasteiger partial charge in [-0.25, -0.2) is 0 Å². The zero-order chi connectivity index (χ0) is 38.4. The van der Waals surface area contributed by atoms with Crippen molar-refractivity contribution in [2.45, 2.75) is 164 Å². The van der Waals surface area contributed by atoms with Crippen LogP contribution in [0.25, 0.3) is 0 Å². The van der Waals surface area contributed by atoms with Crippen molar-refractivity contribution in [2.75, 3.05) is 6.54 Å². The maximum Gasteiger partial charge on any atom is 0.297 e. The summed E-state index contributed by atoms with van der Waals surface area (Å²) in [6, 6.07) is 0. The SMILES string of the molecule is CCCCCC[C@H](C)[C@H](C[NH2+][C@H]([O-])[C@@]1(O)[C@H](OC2CCC3C(C2)[OH+]C(C(N)=O)C(C2CCC(O)CC2)C3O)O[C@H](C(=O)[O-])[C@@H](O)[C@@H]1O)CC1=C[CH+]N=C1. The van der Waals surface area contributed by atoms with Crippen LogP contribution in [-0.2, 0) is 19.1 Å². The highest BCUT2D eigenvalue weighted by molar-refractivity contribution is 5.82. The van der Waals surface area contributed by atoms with Crippen LogP contribution in [0.4, 0.5) is 0 Å². The van der Waals surface area contributed by atoms with E-state index in [1.807, 2.05) is 6.08 Å². The first kappa shape index (κ1) is 42.0. The number of aliphatic imine (C=N–C) groups is 1. The Morgan fingerprint density at radius 2 is 1.87 bits per heavy atom. The minimum absolute atomic E-state index is 0.00175. The van der Waals surface area contributed by atoms with E-state index in [0.29, 0.717) is 44.9 Å². The van der Waals surface area contributed by atoms with Crippen LogP contribution >= 0.6 is 0 Å². The van der Waals surface area contributed by atoms with E-state index in [1.54, 1.807) is 12.8 Å². The van der Waals surface area contributed by atoms with Gasteiger partial charge in [0.25, 0.3) is 5.91 Å². The number of nitrogens with zero attached hydrogens (tertiary/aromatic N) is 1. The molecule has 53 heavy (non-hydrogen) atoms.